The van der Waals surface area contributed by atoms with Gasteiger partial charge >= 0.3 is 6.09 Å². The summed E-state index contributed by atoms with van der Waals surface area (Å²) in [5.41, 5.74) is 4.98. The molecule has 0 heterocycles. The number of aromatic hydroxyl groups is 1. The standard InChI is InChI=1S/C27H44N4O6/c1-16(2)12-13-18(5)31(23(24(34)29-17(3)4)19-10-9-11-20(32)14-19)25(35)21(15-22(28)33)30-26(36)37-27(6,7)8/h9-11,14,16-18,21,23,32H,12-13,15H2,1-8H3,(H2,28,33)(H,29,34)(H,30,36). The summed E-state index contributed by atoms with van der Waals surface area (Å²) < 4.78 is 5.29. The van der Waals surface area contributed by atoms with Gasteiger partial charge in [-0.15, -0.1) is 0 Å². The molecule has 3 atom stereocenters. The first-order chi connectivity index (χ1) is 17.0. The smallest absolute Gasteiger partial charge is 0.408 e. The second-order valence-electron chi connectivity index (χ2n) is 11.1. The van der Waals surface area contributed by atoms with E-state index < -0.39 is 54.0 Å². The molecular weight excluding hydrogens is 476 g/mol. The van der Waals surface area contributed by atoms with E-state index in [0.29, 0.717) is 17.9 Å². The topological polar surface area (TPSA) is 151 Å². The molecule has 0 aliphatic heterocycles. The lowest BCUT2D eigenvalue weighted by atomic mass is 9.96. The van der Waals surface area contributed by atoms with Crippen LogP contribution in [0.1, 0.15) is 86.3 Å². The van der Waals surface area contributed by atoms with E-state index in [4.69, 9.17) is 10.5 Å². The molecule has 0 aliphatic carbocycles. The van der Waals surface area contributed by atoms with Gasteiger partial charge in [-0.3, -0.25) is 14.4 Å². The van der Waals surface area contributed by atoms with Crippen molar-refractivity contribution in [1.82, 2.24) is 15.5 Å². The maximum absolute atomic E-state index is 14.1. The Balaban J connectivity index is 3.62. The summed E-state index contributed by atoms with van der Waals surface area (Å²) in [7, 11) is 0. The predicted octanol–water partition coefficient (Wildman–Crippen LogP) is 3.38. The molecule has 37 heavy (non-hydrogen) atoms. The van der Waals surface area contributed by atoms with Crippen molar-refractivity contribution >= 4 is 23.8 Å². The van der Waals surface area contributed by atoms with Gasteiger partial charge in [0, 0.05) is 12.1 Å². The van der Waals surface area contributed by atoms with Crippen molar-refractivity contribution in [2.75, 3.05) is 0 Å². The molecule has 10 heteroatoms. The minimum Gasteiger partial charge on any atom is -0.508 e. The highest BCUT2D eigenvalue weighted by Gasteiger charge is 2.39. The fourth-order valence-electron chi connectivity index (χ4n) is 3.84. The number of carbonyl (C=O) groups is 4. The number of nitrogens with one attached hydrogen (secondary N) is 2. The van der Waals surface area contributed by atoms with Crippen molar-refractivity contribution in [3.05, 3.63) is 29.8 Å². The second-order valence-corrected chi connectivity index (χ2v) is 11.1. The predicted molar refractivity (Wildman–Crippen MR) is 141 cm³/mol. The number of phenolic OH excluding ortho intramolecular Hbond substituents is 1. The zero-order valence-electron chi connectivity index (χ0n) is 23.3. The second kappa shape index (κ2) is 13.9. The fraction of sp³-hybridized carbons (Fsp3) is 0.630. The number of amides is 4. The van der Waals surface area contributed by atoms with Gasteiger partial charge in [0.25, 0.3) is 0 Å². The van der Waals surface area contributed by atoms with Crippen LogP contribution in [-0.2, 0) is 19.1 Å². The van der Waals surface area contributed by atoms with Crippen LogP contribution in [0.4, 0.5) is 4.79 Å². The number of phenols is 1. The number of hydrogen-bond donors (Lipinski definition) is 4. The highest BCUT2D eigenvalue weighted by molar-refractivity contribution is 5.94. The van der Waals surface area contributed by atoms with Crippen molar-refractivity contribution in [2.24, 2.45) is 11.7 Å². The van der Waals surface area contributed by atoms with Gasteiger partial charge in [0.15, 0.2) is 0 Å². The van der Waals surface area contributed by atoms with Crippen molar-refractivity contribution < 1.29 is 29.0 Å². The Labute approximate surface area is 220 Å². The van der Waals surface area contributed by atoms with E-state index in [1.165, 1.54) is 17.0 Å². The number of carbonyl (C=O) groups excluding carboxylic acids is 4. The average molecular weight is 521 g/mol. The summed E-state index contributed by atoms with van der Waals surface area (Å²) in [5, 5.41) is 15.5. The summed E-state index contributed by atoms with van der Waals surface area (Å²) in [6.07, 6.45) is -0.0425. The SMILES string of the molecule is CC(C)CCC(C)N(C(=O)C(CC(N)=O)NC(=O)OC(C)(C)C)C(C(=O)NC(C)C)c1cccc(O)c1. The molecule has 0 spiro atoms. The monoisotopic (exact) mass is 520 g/mol. The highest BCUT2D eigenvalue weighted by atomic mass is 16.6. The normalized spacial score (nSPS) is 14.0. The van der Waals surface area contributed by atoms with E-state index in [1.807, 2.05) is 6.92 Å². The molecule has 0 fully saturated rings. The Hall–Kier alpha value is -3.30. The number of hydrogen-bond acceptors (Lipinski definition) is 6. The van der Waals surface area contributed by atoms with Crippen LogP contribution in [0.25, 0.3) is 0 Å². The van der Waals surface area contributed by atoms with E-state index in [1.54, 1.807) is 46.8 Å². The molecule has 0 radical (unpaired) electrons. The third kappa shape index (κ3) is 11.1. The van der Waals surface area contributed by atoms with Crippen molar-refractivity contribution in [1.29, 1.82) is 0 Å². The molecule has 0 aliphatic rings. The van der Waals surface area contributed by atoms with Gasteiger partial charge in [0.05, 0.1) is 6.42 Å². The van der Waals surface area contributed by atoms with Gasteiger partial charge in [-0.25, -0.2) is 4.79 Å². The van der Waals surface area contributed by atoms with E-state index in [-0.39, 0.29) is 11.8 Å². The number of alkyl carbamates (subject to hydrolysis) is 1. The summed E-state index contributed by atoms with van der Waals surface area (Å²) in [4.78, 5) is 53.4. The molecule has 208 valence electrons. The molecule has 0 saturated carbocycles. The molecule has 0 bridgehead atoms. The number of nitrogens with two attached hydrogens (primary N) is 1. The number of primary amides is 1. The molecule has 5 N–H and O–H groups in total. The Morgan fingerprint density at radius 2 is 1.65 bits per heavy atom. The molecule has 1 aromatic carbocycles. The first-order valence-electron chi connectivity index (χ1n) is 12.7. The molecule has 10 nitrogen and oxygen atoms in total. The number of benzene rings is 1. The average Bonchev–Trinajstić information content (AvgIpc) is 2.72. The van der Waals surface area contributed by atoms with Crippen LogP contribution >= 0.6 is 0 Å². The lowest BCUT2D eigenvalue weighted by molar-refractivity contribution is -0.146. The van der Waals surface area contributed by atoms with E-state index in [0.717, 1.165) is 6.42 Å². The highest BCUT2D eigenvalue weighted by Crippen LogP contribution is 2.29. The Bertz CT molecular complexity index is 941. The molecule has 0 aromatic heterocycles. The minimum absolute atomic E-state index is 0.0670. The summed E-state index contributed by atoms with van der Waals surface area (Å²) >= 11 is 0. The van der Waals surface area contributed by atoms with Gasteiger partial charge in [-0.2, -0.15) is 0 Å². The molecular formula is C27H44N4O6. The third-order valence-electron chi connectivity index (χ3n) is 5.43. The summed E-state index contributed by atoms with van der Waals surface area (Å²) in [5.74, 6) is -1.65. The Morgan fingerprint density at radius 3 is 2.14 bits per heavy atom. The van der Waals surface area contributed by atoms with Crippen molar-refractivity contribution in [3.8, 4) is 5.75 Å². The first-order valence-corrected chi connectivity index (χ1v) is 12.7. The maximum atomic E-state index is 14.1. The van der Waals surface area contributed by atoms with Crippen molar-refractivity contribution in [2.45, 2.75) is 104 Å². The largest absolute Gasteiger partial charge is 0.508 e. The number of nitrogens with zero attached hydrogens (tertiary/aromatic N) is 1. The maximum Gasteiger partial charge on any atom is 0.408 e. The van der Waals surface area contributed by atoms with Gasteiger partial charge in [0.1, 0.15) is 23.4 Å². The molecule has 1 aromatic rings. The molecule has 0 saturated heterocycles. The molecule has 4 amide bonds. The molecule has 1 rings (SSSR count). The fourth-order valence-corrected chi connectivity index (χ4v) is 3.84. The third-order valence-corrected chi connectivity index (χ3v) is 5.43. The van der Waals surface area contributed by atoms with E-state index in [9.17, 15) is 24.3 Å². The lowest BCUT2D eigenvalue weighted by Crippen LogP contribution is -2.56. The van der Waals surface area contributed by atoms with Crippen LogP contribution in [0.15, 0.2) is 24.3 Å². The molecule has 3 unspecified atom stereocenters. The number of ether oxygens (including phenoxy) is 1. The Kier molecular flexibility index (Phi) is 11.9. The van der Waals surface area contributed by atoms with Crippen LogP contribution in [0, 0.1) is 5.92 Å². The van der Waals surface area contributed by atoms with Gasteiger partial charge in [-0.05, 0) is 78.0 Å². The van der Waals surface area contributed by atoms with Crippen LogP contribution in [0.2, 0.25) is 0 Å². The summed E-state index contributed by atoms with van der Waals surface area (Å²) in [6, 6.07) is 2.93. The van der Waals surface area contributed by atoms with Crippen LogP contribution in [-0.4, -0.2) is 57.5 Å². The van der Waals surface area contributed by atoms with Gasteiger partial charge < -0.3 is 31.1 Å². The van der Waals surface area contributed by atoms with Gasteiger partial charge in [-0.1, -0.05) is 26.0 Å². The van der Waals surface area contributed by atoms with Gasteiger partial charge in [0.2, 0.25) is 17.7 Å². The first kappa shape index (κ1) is 31.7. The zero-order chi connectivity index (χ0) is 28.5. The quantitative estimate of drug-likeness (QED) is 0.332. The zero-order valence-corrected chi connectivity index (χ0v) is 23.3. The van der Waals surface area contributed by atoms with Crippen molar-refractivity contribution in [3.63, 3.8) is 0 Å². The Morgan fingerprint density at radius 1 is 1.03 bits per heavy atom. The van der Waals surface area contributed by atoms with E-state index >= 15 is 0 Å². The van der Waals surface area contributed by atoms with Crippen LogP contribution in [0.3, 0.4) is 0 Å². The van der Waals surface area contributed by atoms with Crippen LogP contribution < -0.4 is 16.4 Å². The lowest BCUT2D eigenvalue weighted by Gasteiger charge is -2.39. The summed E-state index contributed by atoms with van der Waals surface area (Å²) in [6.45, 7) is 14.5. The number of rotatable bonds is 12. The van der Waals surface area contributed by atoms with Crippen LogP contribution in [0.5, 0.6) is 5.75 Å². The minimum atomic E-state index is -1.36. The van der Waals surface area contributed by atoms with E-state index in [2.05, 4.69) is 24.5 Å².